The first-order valence-electron chi connectivity index (χ1n) is 6.07. The first kappa shape index (κ1) is 15.9. The number of rotatable bonds is 4. The van der Waals surface area contributed by atoms with Crippen LogP contribution in [0.5, 0.6) is 0 Å². The van der Waals surface area contributed by atoms with Crippen molar-refractivity contribution in [1.82, 2.24) is 10.3 Å². The first-order valence-corrected chi connectivity index (χ1v) is 7.20. The van der Waals surface area contributed by atoms with E-state index < -0.39 is 9.96 Å². The largest absolute Gasteiger partial charge is 0.347 e. The standard InChI is InChI=1S/C14H12Cl3N3O/c15-14(16,17)13(19-11-8-4-5-9-18-11)20-12(21)10-6-2-1-3-7-10/h1-9,13H,(H,18,19)(H,20,21)/t13-/m0/s1. The van der Waals surface area contributed by atoms with Crippen LogP contribution in [0.4, 0.5) is 5.82 Å². The van der Waals surface area contributed by atoms with Gasteiger partial charge in [0.15, 0.2) is 0 Å². The lowest BCUT2D eigenvalue weighted by Gasteiger charge is -2.26. The molecule has 0 aliphatic rings. The zero-order chi connectivity index (χ0) is 15.3. The lowest BCUT2D eigenvalue weighted by atomic mass is 10.2. The number of nitrogens with one attached hydrogen (secondary N) is 2. The van der Waals surface area contributed by atoms with Crippen molar-refractivity contribution in [3.8, 4) is 0 Å². The van der Waals surface area contributed by atoms with Crippen LogP contribution in [-0.4, -0.2) is 20.8 Å². The van der Waals surface area contributed by atoms with E-state index in [2.05, 4.69) is 15.6 Å². The fourth-order valence-electron chi connectivity index (χ4n) is 1.60. The van der Waals surface area contributed by atoms with Crippen molar-refractivity contribution in [3.63, 3.8) is 0 Å². The number of hydrogen-bond donors (Lipinski definition) is 2. The molecule has 0 bridgehead atoms. The van der Waals surface area contributed by atoms with E-state index in [1.807, 2.05) is 6.07 Å². The van der Waals surface area contributed by atoms with Crippen molar-refractivity contribution in [2.75, 3.05) is 5.32 Å². The van der Waals surface area contributed by atoms with Crippen molar-refractivity contribution in [3.05, 3.63) is 60.3 Å². The highest BCUT2D eigenvalue weighted by atomic mass is 35.6. The summed E-state index contributed by atoms with van der Waals surface area (Å²) >= 11 is 17.7. The molecule has 0 aliphatic heterocycles. The lowest BCUT2D eigenvalue weighted by Crippen LogP contribution is -2.49. The maximum atomic E-state index is 12.1. The normalized spacial score (nSPS) is 12.5. The van der Waals surface area contributed by atoms with Gasteiger partial charge in [-0.25, -0.2) is 4.98 Å². The van der Waals surface area contributed by atoms with Crippen LogP contribution in [0.2, 0.25) is 0 Å². The second-order valence-corrected chi connectivity index (χ2v) is 6.54. The van der Waals surface area contributed by atoms with Gasteiger partial charge in [0.25, 0.3) is 5.91 Å². The molecule has 0 aliphatic carbocycles. The average molecular weight is 345 g/mol. The number of hydrogen-bond acceptors (Lipinski definition) is 3. The number of pyridine rings is 1. The number of alkyl halides is 3. The van der Waals surface area contributed by atoms with Gasteiger partial charge >= 0.3 is 0 Å². The SMILES string of the molecule is O=C(N[C@H](Nc1ccccn1)C(Cl)(Cl)Cl)c1ccccc1. The molecule has 0 spiro atoms. The van der Waals surface area contributed by atoms with Gasteiger partial charge in [-0.2, -0.15) is 0 Å². The number of anilines is 1. The highest BCUT2D eigenvalue weighted by Gasteiger charge is 2.34. The number of benzene rings is 1. The smallest absolute Gasteiger partial charge is 0.252 e. The van der Waals surface area contributed by atoms with E-state index in [1.54, 1.807) is 48.7 Å². The van der Waals surface area contributed by atoms with Crippen LogP contribution in [0.3, 0.4) is 0 Å². The number of halogens is 3. The van der Waals surface area contributed by atoms with Crippen molar-refractivity contribution >= 4 is 46.5 Å². The number of amides is 1. The van der Waals surface area contributed by atoms with Gasteiger partial charge in [-0.3, -0.25) is 4.79 Å². The highest BCUT2D eigenvalue weighted by Crippen LogP contribution is 2.30. The summed E-state index contributed by atoms with van der Waals surface area (Å²) in [5, 5.41) is 5.52. The summed E-state index contributed by atoms with van der Waals surface area (Å²) in [6.07, 6.45) is 0.668. The van der Waals surface area contributed by atoms with Crippen LogP contribution in [0.25, 0.3) is 0 Å². The van der Waals surface area contributed by atoms with Crippen LogP contribution >= 0.6 is 34.8 Å². The third-order valence-electron chi connectivity index (χ3n) is 2.60. The molecule has 21 heavy (non-hydrogen) atoms. The highest BCUT2D eigenvalue weighted by molar-refractivity contribution is 6.68. The topological polar surface area (TPSA) is 54.0 Å². The first-order chi connectivity index (χ1) is 9.97. The zero-order valence-electron chi connectivity index (χ0n) is 10.8. The number of carbonyl (C=O) groups excluding carboxylic acids is 1. The van der Waals surface area contributed by atoms with Crippen molar-refractivity contribution < 1.29 is 4.79 Å². The molecule has 1 heterocycles. The van der Waals surface area contributed by atoms with Gasteiger partial charge in [0.05, 0.1) is 0 Å². The Balaban J connectivity index is 2.12. The molecule has 110 valence electrons. The predicted octanol–water partition coefficient (Wildman–Crippen LogP) is 3.62. The van der Waals surface area contributed by atoms with Crippen molar-refractivity contribution in [2.24, 2.45) is 0 Å². The number of nitrogens with zero attached hydrogens (tertiary/aromatic N) is 1. The molecule has 2 N–H and O–H groups in total. The molecule has 0 fully saturated rings. The molecule has 1 aromatic carbocycles. The van der Waals surface area contributed by atoms with Gasteiger partial charge in [-0.1, -0.05) is 59.1 Å². The maximum absolute atomic E-state index is 12.1. The molecule has 1 amide bonds. The number of carbonyl (C=O) groups is 1. The summed E-state index contributed by atoms with van der Waals surface area (Å²) in [4.78, 5) is 16.2. The predicted molar refractivity (Wildman–Crippen MR) is 85.8 cm³/mol. The second kappa shape index (κ2) is 6.98. The molecule has 1 atom stereocenters. The maximum Gasteiger partial charge on any atom is 0.252 e. The minimum absolute atomic E-state index is 0.352. The molecule has 4 nitrogen and oxygen atoms in total. The fraction of sp³-hybridized carbons (Fsp3) is 0.143. The van der Waals surface area contributed by atoms with Gasteiger partial charge in [-0.15, -0.1) is 0 Å². The summed E-state index contributed by atoms with van der Waals surface area (Å²) in [5.41, 5.74) is 0.472. The third kappa shape index (κ3) is 4.77. The van der Waals surface area contributed by atoms with E-state index in [0.717, 1.165) is 0 Å². The second-order valence-electron chi connectivity index (χ2n) is 4.17. The quantitative estimate of drug-likeness (QED) is 0.658. The summed E-state index contributed by atoms with van der Waals surface area (Å²) in [7, 11) is 0. The Morgan fingerprint density at radius 1 is 1.05 bits per heavy atom. The van der Waals surface area contributed by atoms with Gasteiger partial charge in [0.2, 0.25) is 3.79 Å². The number of aromatic nitrogens is 1. The summed E-state index contributed by atoms with van der Waals surface area (Å²) in [6, 6.07) is 13.9. The van der Waals surface area contributed by atoms with Crippen LogP contribution in [0, 0.1) is 0 Å². The Hall–Kier alpha value is -1.49. The van der Waals surface area contributed by atoms with E-state index in [0.29, 0.717) is 11.4 Å². The summed E-state index contributed by atoms with van der Waals surface area (Å²) in [6.45, 7) is 0. The Bertz CT molecular complexity index is 587. The summed E-state index contributed by atoms with van der Waals surface area (Å²) < 4.78 is -1.73. The molecule has 0 radical (unpaired) electrons. The Labute approximate surface area is 137 Å². The van der Waals surface area contributed by atoms with Gasteiger partial charge < -0.3 is 10.6 Å². The van der Waals surface area contributed by atoms with E-state index in [-0.39, 0.29) is 5.91 Å². The van der Waals surface area contributed by atoms with Crippen LogP contribution in [0.1, 0.15) is 10.4 Å². The average Bonchev–Trinajstić information content (AvgIpc) is 2.47. The van der Waals surface area contributed by atoms with Crippen LogP contribution < -0.4 is 10.6 Å². The molecule has 0 saturated carbocycles. The monoisotopic (exact) mass is 343 g/mol. The van der Waals surface area contributed by atoms with Gasteiger partial charge in [0.1, 0.15) is 12.0 Å². The molecular weight excluding hydrogens is 333 g/mol. The Morgan fingerprint density at radius 3 is 2.29 bits per heavy atom. The molecule has 0 saturated heterocycles. The van der Waals surface area contributed by atoms with Crippen LogP contribution in [0.15, 0.2) is 54.7 Å². The van der Waals surface area contributed by atoms with Gasteiger partial charge in [0, 0.05) is 11.8 Å². The van der Waals surface area contributed by atoms with Gasteiger partial charge in [-0.05, 0) is 24.3 Å². The molecule has 1 aromatic heterocycles. The van der Waals surface area contributed by atoms with E-state index >= 15 is 0 Å². The molecular formula is C14H12Cl3N3O. The fourth-order valence-corrected chi connectivity index (χ4v) is 1.93. The van der Waals surface area contributed by atoms with Crippen LogP contribution in [-0.2, 0) is 0 Å². The molecule has 0 unspecified atom stereocenters. The molecule has 2 aromatic rings. The van der Waals surface area contributed by atoms with Crippen molar-refractivity contribution in [2.45, 2.75) is 9.96 Å². The Morgan fingerprint density at radius 2 is 1.71 bits per heavy atom. The van der Waals surface area contributed by atoms with Crippen molar-refractivity contribution in [1.29, 1.82) is 0 Å². The minimum atomic E-state index is -1.73. The molecule has 2 rings (SSSR count). The minimum Gasteiger partial charge on any atom is -0.347 e. The van der Waals surface area contributed by atoms with E-state index in [9.17, 15) is 4.79 Å². The van der Waals surface area contributed by atoms with E-state index in [1.165, 1.54) is 0 Å². The third-order valence-corrected chi connectivity index (χ3v) is 3.25. The lowest BCUT2D eigenvalue weighted by molar-refractivity contribution is 0.0942. The zero-order valence-corrected chi connectivity index (χ0v) is 13.0. The van der Waals surface area contributed by atoms with E-state index in [4.69, 9.17) is 34.8 Å². The summed E-state index contributed by atoms with van der Waals surface area (Å²) in [5.74, 6) is 0.137. The molecule has 7 heteroatoms. The Kier molecular flexibility index (Phi) is 5.28.